The van der Waals surface area contributed by atoms with Gasteiger partial charge < -0.3 is 24.5 Å². The van der Waals surface area contributed by atoms with Crippen LogP contribution in [0.15, 0.2) is 58.8 Å². The lowest BCUT2D eigenvalue weighted by Crippen LogP contribution is -2.36. The Labute approximate surface area is 219 Å². The van der Waals surface area contributed by atoms with Crippen molar-refractivity contribution < 1.29 is 27.4 Å². The number of halogens is 3. The number of aromatic nitrogens is 1. The van der Waals surface area contributed by atoms with Crippen molar-refractivity contribution in [3.05, 3.63) is 71.3 Å². The van der Waals surface area contributed by atoms with Gasteiger partial charge in [-0.3, -0.25) is 10.2 Å². The number of hydrogen-bond acceptors (Lipinski definition) is 8. The molecule has 11 heteroatoms. The van der Waals surface area contributed by atoms with E-state index >= 15 is 0 Å². The molecule has 3 heterocycles. The number of allylic oxidation sites excluding steroid dienone is 5. The second kappa shape index (κ2) is 10.9. The second-order valence-electron chi connectivity index (χ2n) is 9.80. The number of oxazole rings is 1. The highest BCUT2D eigenvalue weighted by molar-refractivity contribution is 5.74. The molecule has 2 fully saturated rings. The minimum Gasteiger partial charge on any atom is -0.423 e. The van der Waals surface area contributed by atoms with Crippen molar-refractivity contribution in [1.29, 1.82) is 0 Å². The summed E-state index contributed by atoms with van der Waals surface area (Å²) in [5.41, 5.74) is 3.18. The predicted octanol–water partition coefficient (Wildman–Crippen LogP) is 4.15. The number of anilines is 2. The van der Waals surface area contributed by atoms with Crippen molar-refractivity contribution >= 4 is 17.3 Å². The molecule has 0 bridgehead atoms. The third kappa shape index (κ3) is 5.96. The number of aryl methyl sites for hydroxylation is 1. The fraction of sp³-hybridized carbons (Fsp3) is 0.444. The Bertz CT molecular complexity index is 1230. The highest BCUT2D eigenvalue weighted by Crippen LogP contribution is 2.40. The van der Waals surface area contributed by atoms with E-state index in [9.17, 15) is 18.3 Å². The number of aliphatic hydroxyl groups is 1. The van der Waals surface area contributed by atoms with E-state index in [2.05, 4.69) is 39.2 Å². The molecule has 2 unspecified atom stereocenters. The van der Waals surface area contributed by atoms with Crippen LogP contribution in [-0.4, -0.2) is 71.8 Å². The average molecular weight is 532 g/mol. The molecule has 2 aliphatic heterocycles. The molecule has 0 radical (unpaired) electrons. The van der Waals surface area contributed by atoms with E-state index in [1.54, 1.807) is 11.0 Å². The van der Waals surface area contributed by atoms with E-state index in [1.165, 1.54) is 12.3 Å². The molecule has 0 spiro atoms. The number of benzene rings is 1. The molecule has 1 aromatic carbocycles. The molecule has 0 amide bonds. The van der Waals surface area contributed by atoms with Crippen LogP contribution < -0.4 is 10.6 Å². The third-order valence-corrected chi connectivity index (χ3v) is 7.13. The first-order valence-electron chi connectivity index (χ1n) is 12.7. The predicted molar refractivity (Wildman–Crippen MR) is 137 cm³/mol. The second-order valence-corrected chi connectivity index (χ2v) is 9.80. The van der Waals surface area contributed by atoms with Crippen molar-refractivity contribution in [2.75, 3.05) is 44.7 Å². The van der Waals surface area contributed by atoms with Gasteiger partial charge in [-0.1, -0.05) is 24.8 Å². The van der Waals surface area contributed by atoms with E-state index in [4.69, 9.17) is 9.15 Å². The van der Waals surface area contributed by atoms with Crippen LogP contribution in [0.2, 0.25) is 0 Å². The molecule has 8 nitrogen and oxygen atoms in total. The number of alkyl halides is 3. The van der Waals surface area contributed by atoms with Crippen molar-refractivity contribution in [2.45, 2.75) is 32.4 Å². The quantitative estimate of drug-likeness (QED) is 0.460. The summed E-state index contributed by atoms with van der Waals surface area (Å²) in [6.45, 7) is 10.3. The fourth-order valence-electron chi connectivity index (χ4n) is 4.92. The van der Waals surface area contributed by atoms with Gasteiger partial charge in [0, 0.05) is 61.2 Å². The van der Waals surface area contributed by atoms with Crippen molar-refractivity contribution in [3.63, 3.8) is 0 Å². The number of ether oxygens (including phenoxy) is 1. The maximum absolute atomic E-state index is 13.5. The van der Waals surface area contributed by atoms with E-state index < -0.39 is 24.0 Å². The summed E-state index contributed by atoms with van der Waals surface area (Å²) >= 11 is 0. The first kappa shape index (κ1) is 26.5. The van der Waals surface area contributed by atoms with Crippen molar-refractivity contribution in [2.24, 2.45) is 5.92 Å². The molecule has 3 N–H and O–H groups in total. The summed E-state index contributed by atoms with van der Waals surface area (Å²) in [7, 11) is 0. The zero-order chi connectivity index (χ0) is 26.9. The first-order valence-corrected chi connectivity index (χ1v) is 12.7. The Balaban J connectivity index is 1.37. The Hall–Kier alpha value is -3.12. The van der Waals surface area contributed by atoms with E-state index in [1.807, 2.05) is 13.0 Å². The summed E-state index contributed by atoms with van der Waals surface area (Å²) < 4.78 is 52.0. The number of nitrogens with zero attached hydrogens (tertiary/aromatic N) is 3. The summed E-state index contributed by atoms with van der Waals surface area (Å²) in [5, 5.41) is 16.4. The SMILES string of the molecule is C=C(C1C=C(c2cnc(Nc3cc(CN4CCOCC4)ccc3C)o2)C=C(N2CCNC2O)C1)C(F)(F)F. The Morgan fingerprint density at radius 1 is 1.26 bits per heavy atom. The van der Waals surface area contributed by atoms with Crippen LogP contribution in [0.1, 0.15) is 23.3 Å². The monoisotopic (exact) mass is 531 g/mol. The molecule has 2 saturated heterocycles. The van der Waals surface area contributed by atoms with Gasteiger partial charge in [-0.05, 0) is 36.6 Å². The summed E-state index contributed by atoms with van der Waals surface area (Å²) in [6, 6.07) is 6.41. The molecule has 3 aliphatic rings. The Kier molecular flexibility index (Phi) is 7.62. The topological polar surface area (TPSA) is 86.0 Å². The molecular formula is C27H32F3N5O3. The third-order valence-electron chi connectivity index (χ3n) is 7.13. The van der Waals surface area contributed by atoms with Gasteiger partial charge in [0.2, 0.25) is 0 Å². The molecular weight excluding hydrogens is 499 g/mol. The summed E-state index contributed by atoms with van der Waals surface area (Å²) in [6.07, 6.45) is -0.668. The van der Waals surface area contributed by atoms with Gasteiger partial charge in [-0.15, -0.1) is 0 Å². The number of morpholine rings is 1. The zero-order valence-electron chi connectivity index (χ0n) is 21.2. The normalized spacial score (nSPS) is 22.8. The number of nitrogens with one attached hydrogen (secondary N) is 2. The number of rotatable bonds is 7. The molecule has 5 rings (SSSR count). The maximum atomic E-state index is 13.5. The molecule has 2 atom stereocenters. The first-order chi connectivity index (χ1) is 18.2. The van der Waals surface area contributed by atoms with Crippen LogP contribution in [0.3, 0.4) is 0 Å². The molecule has 2 aromatic rings. The van der Waals surface area contributed by atoms with E-state index in [0.717, 1.165) is 49.7 Å². The van der Waals surface area contributed by atoms with Gasteiger partial charge in [0.05, 0.1) is 19.4 Å². The minimum atomic E-state index is -4.53. The highest BCUT2D eigenvalue weighted by atomic mass is 19.4. The van der Waals surface area contributed by atoms with Crippen LogP contribution in [0.5, 0.6) is 0 Å². The molecule has 204 valence electrons. The fourth-order valence-corrected chi connectivity index (χ4v) is 4.92. The van der Waals surface area contributed by atoms with E-state index in [-0.39, 0.29) is 12.4 Å². The van der Waals surface area contributed by atoms with Gasteiger partial charge in [0.15, 0.2) is 12.1 Å². The highest BCUT2D eigenvalue weighted by Gasteiger charge is 2.39. The van der Waals surface area contributed by atoms with Gasteiger partial charge in [-0.25, -0.2) is 4.98 Å². The smallest absolute Gasteiger partial charge is 0.412 e. The number of aliphatic hydroxyl groups excluding tert-OH is 1. The van der Waals surface area contributed by atoms with Crippen LogP contribution in [-0.2, 0) is 11.3 Å². The largest absolute Gasteiger partial charge is 0.423 e. The summed E-state index contributed by atoms with van der Waals surface area (Å²) in [4.78, 5) is 8.32. The average Bonchev–Trinajstić information content (AvgIpc) is 3.54. The van der Waals surface area contributed by atoms with Crippen LogP contribution in [0, 0.1) is 12.8 Å². The van der Waals surface area contributed by atoms with Crippen molar-refractivity contribution in [3.8, 4) is 0 Å². The minimum absolute atomic E-state index is 0.0783. The Morgan fingerprint density at radius 2 is 2.05 bits per heavy atom. The zero-order valence-corrected chi connectivity index (χ0v) is 21.2. The van der Waals surface area contributed by atoms with E-state index in [0.29, 0.717) is 30.1 Å². The summed E-state index contributed by atoms with van der Waals surface area (Å²) in [5.74, 6) is -0.660. The van der Waals surface area contributed by atoms with Gasteiger partial charge in [0.25, 0.3) is 6.01 Å². The van der Waals surface area contributed by atoms with Crippen LogP contribution in [0.25, 0.3) is 5.57 Å². The Morgan fingerprint density at radius 3 is 2.76 bits per heavy atom. The molecule has 38 heavy (non-hydrogen) atoms. The lowest BCUT2D eigenvalue weighted by molar-refractivity contribution is -0.0970. The molecule has 0 saturated carbocycles. The lowest BCUT2D eigenvalue weighted by atomic mass is 9.87. The van der Waals surface area contributed by atoms with Crippen LogP contribution >= 0.6 is 0 Å². The van der Waals surface area contributed by atoms with Gasteiger partial charge in [0.1, 0.15) is 0 Å². The van der Waals surface area contributed by atoms with Gasteiger partial charge >= 0.3 is 6.18 Å². The standard InChI is InChI=1S/C27H32F3N5O3/c1-17-3-4-19(16-34-7-9-37-10-8-34)11-23(17)33-25-32-15-24(38-25)21-12-20(18(2)27(28,29)30)13-22(14-21)35-6-5-31-26(35)36/h3-4,11-12,14-15,20,26,31,36H,2,5-10,13,16H2,1H3,(H,32,33). The molecule has 1 aromatic heterocycles. The molecule has 1 aliphatic carbocycles. The maximum Gasteiger partial charge on any atom is 0.412 e. The number of hydrogen-bond donors (Lipinski definition) is 3. The lowest BCUT2D eigenvalue weighted by Gasteiger charge is -2.31. The van der Waals surface area contributed by atoms with Crippen molar-refractivity contribution in [1.82, 2.24) is 20.1 Å². The van der Waals surface area contributed by atoms with Gasteiger partial charge in [-0.2, -0.15) is 13.2 Å². The van der Waals surface area contributed by atoms with Crippen LogP contribution in [0.4, 0.5) is 24.9 Å².